The second kappa shape index (κ2) is 7.70. The summed E-state index contributed by atoms with van der Waals surface area (Å²) < 4.78 is 5.79. The van der Waals surface area contributed by atoms with Crippen LogP contribution in [0.4, 0.5) is 5.69 Å². The van der Waals surface area contributed by atoms with Crippen LogP contribution in [0, 0.1) is 0 Å². The van der Waals surface area contributed by atoms with Gasteiger partial charge in [0.1, 0.15) is 10.8 Å². The number of hydrogen-bond donors (Lipinski definition) is 0. The van der Waals surface area contributed by atoms with Crippen LogP contribution in [0.1, 0.15) is 25.0 Å². The number of ether oxygens (including phenoxy) is 1. The zero-order valence-electron chi connectivity index (χ0n) is 12.2. The molecule has 0 aliphatic carbocycles. The average Bonchev–Trinajstić information content (AvgIpc) is 2.51. The van der Waals surface area contributed by atoms with E-state index in [-0.39, 0.29) is 0 Å². The molecule has 6 heteroatoms. The molecule has 1 aromatic heterocycles. The predicted molar refractivity (Wildman–Crippen MR) is 94.2 cm³/mol. The van der Waals surface area contributed by atoms with Crippen molar-refractivity contribution in [3.63, 3.8) is 0 Å². The van der Waals surface area contributed by atoms with Crippen molar-refractivity contribution in [1.82, 2.24) is 4.98 Å². The van der Waals surface area contributed by atoms with E-state index in [1.165, 1.54) is 6.20 Å². The lowest BCUT2D eigenvalue weighted by Gasteiger charge is -2.13. The lowest BCUT2D eigenvalue weighted by molar-refractivity contribution is 0.462. The van der Waals surface area contributed by atoms with Gasteiger partial charge in [0.2, 0.25) is 5.88 Å². The smallest absolute Gasteiger partial charge is 0.238 e. The van der Waals surface area contributed by atoms with Gasteiger partial charge in [-0.2, -0.15) is 4.99 Å². The Morgan fingerprint density at radius 1 is 1.18 bits per heavy atom. The van der Waals surface area contributed by atoms with E-state index in [0.717, 1.165) is 29.7 Å². The molecule has 3 nitrogen and oxygen atoms in total. The summed E-state index contributed by atoms with van der Waals surface area (Å²) in [5.74, 6) is 0.981. The van der Waals surface area contributed by atoms with Gasteiger partial charge in [-0.3, -0.25) is 0 Å². The molecule has 114 valence electrons. The van der Waals surface area contributed by atoms with E-state index in [4.69, 9.17) is 40.2 Å². The van der Waals surface area contributed by atoms with Crippen molar-refractivity contribution < 1.29 is 4.74 Å². The first kappa shape index (κ1) is 16.9. The summed E-state index contributed by atoms with van der Waals surface area (Å²) >= 11 is 16.7. The lowest BCUT2D eigenvalue weighted by Crippen LogP contribution is -1.94. The van der Waals surface area contributed by atoms with E-state index in [1.807, 2.05) is 12.1 Å². The lowest BCUT2D eigenvalue weighted by atomic mass is 10.0. The Morgan fingerprint density at radius 2 is 1.82 bits per heavy atom. The number of thiocarbonyl (C=S) groups is 1. The Balaban J connectivity index is 2.45. The number of aliphatic imine (C=N–C) groups is 1. The standard InChI is InChI=1S/C16H14Cl2N2OS/c1-3-10-5-13(6-11(4-2)15(10)20-9-22)21-16-14(18)7-12(17)8-19-16/h5-8H,3-4H2,1-2H3. The van der Waals surface area contributed by atoms with Crippen molar-refractivity contribution in [2.24, 2.45) is 4.99 Å². The number of nitrogens with zero attached hydrogens (tertiary/aromatic N) is 2. The van der Waals surface area contributed by atoms with E-state index < -0.39 is 0 Å². The minimum Gasteiger partial charge on any atom is -0.438 e. The number of isothiocyanates is 1. The van der Waals surface area contributed by atoms with Crippen LogP contribution in [-0.4, -0.2) is 10.1 Å². The third-order valence-corrected chi connectivity index (χ3v) is 3.72. The van der Waals surface area contributed by atoms with Gasteiger partial charge < -0.3 is 4.74 Å². The molecular formula is C16H14Cl2N2OS. The van der Waals surface area contributed by atoms with Crippen LogP contribution in [0.5, 0.6) is 11.6 Å². The maximum atomic E-state index is 6.09. The van der Waals surface area contributed by atoms with Crippen LogP contribution >= 0.6 is 35.4 Å². The van der Waals surface area contributed by atoms with Gasteiger partial charge in [0.25, 0.3) is 0 Å². The fraction of sp³-hybridized carbons (Fsp3) is 0.250. The monoisotopic (exact) mass is 352 g/mol. The van der Waals surface area contributed by atoms with Crippen LogP contribution in [0.15, 0.2) is 29.4 Å². The summed E-state index contributed by atoms with van der Waals surface area (Å²) in [6, 6.07) is 5.42. The maximum absolute atomic E-state index is 6.09. The van der Waals surface area contributed by atoms with Gasteiger partial charge in [0, 0.05) is 6.20 Å². The average molecular weight is 353 g/mol. The Labute approximate surface area is 145 Å². The van der Waals surface area contributed by atoms with Crippen molar-refractivity contribution in [2.45, 2.75) is 26.7 Å². The molecule has 0 fully saturated rings. The molecule has 0 aliphatic heterocycles. The minimum atomic E-state index is 0.321. The SMILES string of the molecule is CCc1cc(Oc2ncc(Cl)cc2Cl)cc(CC)c1N=C=S. The Morgan fingerprint density at radius 3 is 2.32 bits per heavy atom. The van der Waals surface area contributed by atoms with Gasteiger partial charge in [-0.1, -0.05) is 37.0 Å². The summed E-state index contributed by atoms with van der Waals surface area (Å²) in [6.07, 6.45) is 3.11. The van der Waals surface area contributed by atoms with Gasteiger partial charge in [-0.15, -0.1) is 0 Å². The number of pyridine rings is 1. The number of rotatable bonds is 5. The van der Waals surface area contributed by atoms with Gasteiger partial charge in [-0.25, -0.2) is 4.98 Å². The summed E-state index contributed by atoms with van der Waals surface area (Å²) in [5, 5.41) is 3.27. The Kier molecular flexibility index (Phi) is 5.92. The summed E-state index contributed by atoms with van der Waals surface area (Å²) in [6.45, 7) is 4.10. The molecule has 0 spiro atoms. The zero-order valence-corrected chi connectivity index (χ0v) is 14.5. The third-order valence-electron chi connectivity index (χ3n) is 3.15. The molecule has 0 aliphatic rings. The molecule has 2 rings (SSSR count). The molecule has 0 radical (unpaired) electrons. The van der Waals surface area contributed by atoms with Gasteiger partial charge >= 0.3 is 0 Å². The topological polar surface area (TPSA) is 34.5 Å². The van der Waals surface area contributed by atoms with Crippen LogP contribution in [0.3, 0.4) is 0 Å². The van der Waals surface area contributed by atoms with Crippen LogP contribution in [0.2, 0.25) is 10.0 Å². The van der Waals surface area contributed by atoms with E-state index in [2.05, 4.69) is 29.0 Å². The molecule has 0 amide bonds. The summed E-state index contributed by atoms with van der Waals surface area (Å²) in [5.41, 5.74) is 2.94. The third kappa shape index (κ3) is 3.84. The molecule has 1 heterocycles. The normalized spacial score (nSPS) is 10.2. The van der Waals surface area contributed by atoms with Crippen molar-refractivity contribution in [3.8, 4) is 11.6 Å². The molecular weight excluding hydrogens is 339 g/mol. The first-order valence-corrected chi connectivity index (χ1v) is 7.98. The van der Waals surface area contributed by atoms with Crippen LogP contribution < -0.4 is 4.74 Å². The molecule has 22 heavy (non-hydrogen) atoms. The van der Waals surface area contributed by atoms with Gasteiger partial charge in [0.05, 0.1) is 15.9 Å². The molecule has 0 saturated heterocycles. The second-order valence-electron chi connectivity index (χ2n) is 4.54. The molecule has 0 bridgehead atoms. The number of halogens is 2. The number of aromatic nitrogens is 1. The van der Waals surface area contributed by atoms with Crippen LogP contribution in [0.25, 0.3) is 0 Å². The highest BCUT2D eigenvalue weighted by Crippen LogP contribution is 2.34. The first-order valence-electron chi connectivity index (χ1n) is 6.81. The van der Waals surface area contributed by atoms with Crippen molar-refractivity contribution in [1.29, 1.82) is 0 Å². The summed E-state index contributed by atoms with van der Waals surface area (Å²) in [7, 11) is 0. The highest BCUT2D eigenvalue weighted by molar-refractivity contribution is 7.78. The fourth-order valence-corrected chi connectivity index (χ4v) is 2.61. The van der Waals surface area contributed by atoms with Gasteiger partial charge in [0.15, 0.2) is 0 Å². The molecule has 2 aromatic rings. The second-order valence-corrected chi connectivity index (χ2v) is 5.57. The molecule has 0 saturated carbocycles. The quantitative estimate of drug-likeness (QED) is 0.485. The largest absolute Gasteiger partial charge is 0.438 e. The fourth-order valence-electron chi connectivity index (χ4n) is 2.10. The summed E-state index contributed by atoms with van der Waals surface area (Å²) in [4.78, 5) is 8.28. The molecule has 0 atom stereocenters. The highest BCUT2D eigenvalue weighted by Gasteiger charge is 2.12. The highest BCUT2D eigenvalue weighted by atomic mass is 35.5. The number of aryl methyl sites for hydroxylation is 2. The van der Waals surface area contributed by atoms with Gasteiger partial charge in [-0.05, 0) is 54.4 Å². The first-order chi connectivity index (χ1) is 10.6. The van der Waals surface area contributed by atoms with E-state index in [1.54, 1.807) is 6.07 Å². The maximum Gasteiger partial charge on any atom is 0.238 e. The van der Waals surface area contributed by atoms with E-state index >= 15 is 0 Å². The Hall–Kier alpha value is -1.45. The predicted octanol–water partition coefficient (Wildman–Crippen LogP) is 6.04. The molecule has 0 unspecified atom stereocenters. The van der Waals surface area contributed by atoms with Crippen molar-refractivity contribution in [3.05, 3.63) is 45.6 Å². The number of hydrogen-bond acceptors (Lipinski definition) is 4. The molecule has 0 N–H and O–H groups in total. The minimum absolute atomic E-state index is 0.321. The Bertz CT molecular complexity index is 718. The van der Waals surface area contributed by atoms with Crippen molar-refractivity contribution >= 4 is 46.3 Å². The van der Waals surface area contributed by atoms with E-state index in [9.17, 15) is 0 Å². The van der Waals surface area contributed by atoms with E-state index in [0.29, 0.717) is 21.7 Å². The van der Waals surface area contributed by atoms with Crippen LogP contribution in [-0.2, 0) is 12.8 Å². The van der Waals surface area contributed by atoms with Crippen molar-refractivity contribution in [2.75, 3.05) is 0 Å². The number of benzene rings is 1. The zero-order chi connectivity index (χ0) is 16.1. The molecule has 1 aromatic carbocycles.